The molecule has 1 amide bonds. The van der Waals surface area contributed by atoms with Crippen LogP contribution in [0.1, 0.15) is 122 Å². The van der Waals surface area contributed by atoms with E-state index >= 15 is 0 Å². The van der Waals surface area contributed by atoms with E-state index in [1.54, 1.807) is 4.90 Å². The lowest BCUT2D eigenvalue weighted by Gasteiger charge is -2.31. The zero-order chi connectivity index (χ0) is 45.1. The summed E-state index contributed by atoms with van der Waals surface area (Å²) >= 11 is 0. The molecule has 2 aromatic rings. The van der Waals surface area contributed by atoms with Gasteiger partial charge in [0.15, 0.2) is 12.5 Å². The van der Waals surface area contributed by atoms with Crippen LogP contribution in [0, 0.1) is 5.92 Å². The lowest BCUT2D eigenvalue weighted by Crippen LogP contribution is -2.46. The standard InChI is InChI=1S/C42H70N5O14P/c1-7-8-9-10-11-12-13-14-15-16-17-18-19-20-21-24-45(35(50)27-30-32(29-54-2)60-39(36(30)55-3)46-25-22-33(48)43-41(46)51)28-31-37(61-62(53,57-5)58-6)38(56-4)40(59-31)47-26-23-34(49)44-42(47)52/h22-23,25-26,30-32,36-40H,7-21,24,27-29H2,1-6H3,(H,43,48,51)(H,44,49,52)/t30?,31-,32-,36?,37+,38+,39-,40-/m1/s1. The Kier molecular flexibility index (Phi) is 22.0. The van der Waals surface area contributed by atoms with Gasteiger partial charge in [0, 0.05) is 85.5 Å². The van der Waals surface area contributed by atoms with E-state index in [2.05, 4.69) is 16.9 Å². The van der Waals surface area contributed by atoms with Gasteiger partial charge in [0.25, 0.3) is 11.1 Å². The lowest BCUT2D eigenvalue weighted by molar-refractivity contribution is -0.137. The highest BCUT2D eigenvalue weighted by Crippen LogP contribution is 2.52. The largest absolute Gasteiger partial charge is 0.474 e. The Morgan fingerprint density at radius 3 is 1.60 bits per heavy atom. The summed E-state index contributed by atoms with van der Waals surface area (Å²) in [7, 11) is 2.47. The summed E-state index contributed by atoms with van der Waals surface area (Å²) in [6, 6.07) is 2.36. The van der Waals surface area contributed by atoms with Crippen LogP contribution >= 0.6 is 7.82 Å². The molecule has 2 fully saturated rings. The number of methoxy groups -OCH3 is 3. The van der Waals surface area contributed by atoms with Crippen molar-refractivity contribution in [3.8, 4) is 0 Å². The molecule has 0 bridgehead atoms. The molecule has 0 spiro atoms. The molecule has 8 atom stereocenters. The Hall–Kier alpha value is -3.26. The molecule has 352 valence electrons. The number of carbonyl (C=O) groups is 1. The van der Waals surface area contributed by atoms with Crippen LogP contribution in [-0.2, 0) is 46.6 Å². The second-order valence-corrected chi connectivity index (χ2v) is 17.9. The number of phosphoric ester groups is 1. The van der Waals surface area contributed by atoms with E-state index in [4.69, 9.17) is 37.3 Å². The highest BCUT2D eigenvalue weighted by atomic mass is 31.2. The number of unbranched alkanes of at least 4 members (excludes halogenated alkanes) is 14. The smallest absolute Gasteiger partial charge is 0.382 e. The molecule has 2 saturated heterocycles. The average molecular weight is 900 g/mol. The van der Waals surface area contributed by atoms with Gasteiger partial charge in [-0.05, 0) is 6.42 Å². The van der Waals surface area contributed by atoms with Crippen LogP contribution in [0.15, 0.2) is 43.7 Å². The first-order chi connectivity index (χ1) is 29.9. The first-order valence-corrected chi connectivity index (χ1v) is 23.6. The highest BCUT2D eigenvalue weighted by molar-refractivity contribution is 7.48. The second kappa shape index (κ2) is 26.5. The molecule has 0 saturated carbocycles. The van der Waals surface area contributed by atoms with Crippen LogP contribution in [0.3, 0.4) is 0 Å². The van der Waals surface area contributed by atoms with Crippen molar-refractivity contribution >= 4 is 13.7 Å². The van der Waals surface area contributed by atoms with Crippen molar-refractivity contribution in [1.82, 2.24) is 24.0 Å². The molecule has 2 N–H and O–H groups in total. The molecule has 0 aliphatic carbocycles. The van der Waals surface area contributed by atoms with Crippen molar-refractivity contribution in [2.75, 3.05) is 55.2 Å². The van der Waals surface area contributed by atoms with E-state index in [-0.39, 0.29) is 25.5 Å². The fraction of sp³-hybridized carbons (Fsp3) is 0.786. The van der Waals surface area contributed by atoms with Crippen molar-refractivity contribution in [2.45, 2.75) is 153 Å². The Morgan fingerprint density at radius 2 is 1.15 bits per heavy atom. The SMILES string of the molecule is CCCCCCCCCCCCCCCCCN(C[C@H]1O[C@@H](n2ccc(=O)[nH]c2=O)[C@@H](OC)[C@H]1OP(=O)(OC)OC)C(=O)CC1C(OC)[C@H](n2ccc(=O)[nH]c2=O)O[C@@H]1COC. The summed E-state index contributed by atoms with van der Waals surface area (Å²) in [5, 5.41) is 0. The van der Waals surface area contributed by atoms with Crippen molar-refractivity contribution < 1.29 is 46.6 Å². The zero-order valence-electron chi connectivity index (χ0n) is 37.4. The normalized spacial score (nSPS) is 23.9. The van der Waals surface area contributed by atoms with Gasteiger partial charge in [0.2, 0.25) is 5.91 Å². The summed E-state index contributed by atoms with van der Waals surface area (Å²) in [4.78, 5) is 70.4. The lowest BCUT2D eigenvalue weighted by atomic mass is 9.93. The van der Waals surface area contributed by atoms with E-state index in [1.165, 1.54) is 109 Å². The number of aromatic nitrogens is 4. The fourth-order valence-electron chi connectivity index (χ4n) is 8.43. The summed E-state index contributed by atoms with van der Waals surface area (Å²) in [6.07, 6.45) is 13.3. The van der Waals surface area contributed by atoms with E-state index in [0.29, 0.717) is 13.0 Å². The van der Waals surface area contributed by atoms with E-state index in [0.717, 1.165) is 50.5 Å². The van der Waals surface area contributed by atoms with Crippen LogP contribution < -0.4 is 22.5 Å². The van der Waals surface area contributed by atoms with Gasteiger partial charge < -0.3 is 28.6 Å². The molecule has 4 rings (SSSR count). The number of rotatable bonds is 30. The molecule has 2 unspecified atom stereocenters. The van der Waals surface area contributed by atoms with Crippen LogP contribution in [0.25, 0.3) is 0 Å². The van der Waals surface area contributed by atoms with E-state index in [9.17, 15) is 28.5 Å². The summed E-state index contributed by atoms with van der Waals surface area (Å²) < 4.78 is 61.8. The van der Waals surface area contributed by atoms with Crippen molar-refractivity contribution in [1.29, 1.82) is 0 Å². The molecule has 2 aliphatic rings. The fourth-order valence-corrected chi connectivity index (χ4v) is 9.31. The number of amides is 1. The number of H-pyrrole nitrogens is 2. The number of hydrogen-bond donors (Lipinski definition) is 2. The predicted molar refractivity (Wildman–Crippen MR) is 230 cm³/mol. The monoisotopic (exact) mass is 899 g/mol. The minimum absolute atomic E-state index is 0.0849. The molecular weight excluding hydrogens is 829 g/mol. The van der Waals surface area contributed by atoms with Crippen molar-refractivity contribution in [3.05, 3.63) is 66.2 Å². The molecule has 19 nitrogen and oxygen atoms in total. The van der Waals surface area contributed by atoms with Crippen LogP contribution in [0.4, 0.5) is 0 Å². The number of carbonyl (C=O) groups excluding carboxylic acids is 1. The third kappa shape index (κ3) is 14.6. The third-order valence-electron chi connectivity index (χ3n) is 11.8. The number of ether oxygens (including phenoxy) is 5. The maximum absolute atomic E-state index is 14.7. The third-order valence-corrected chi connectivity index (χ3v) is 13.2. The van der Waals surface area contributed by atoms with Crippen LogP contribution in [-0.4, -0.2) is 116 Å². The van der Waals surface area contributed by atoms with Gasteiger partial charge in [-0.3, -0.25) is 47.1 Å². The number of aromatic amines is 2. The topological polar surface area (TPSA) is 221 Å². The van der Waals surface area contributed by atoms with Gasteiger partial charge >= 0.3 is 19.2 Å². The van der Waals surface area contributed by atoms with Gasteiger partial charge in [-0.1, -0.05) is 96.8 Å². The second-order valence-electron chi connectivity index (χ2n) is 16.1. The maximum atomic E-state index is 14.7. The Balaban J connectivity index is 1.52. The quantitative estimate of drug-likeness (QED) is 0.0775. The Labute approximate surface area is 363 Å². The van der Waals surface area contributed by atoms with Gasteiger partial charge in [-0.2, -0.15) is 0 Å². The molecule has 2 aliphatic heterocycles. The first kappa shape index (κ1) is 51.4. The molecule has 20 heteroatoms. The van der Waals surface area contributed by atoms with Crippen LogP contribution in [0.2, 0.25) is 0 Å². The number of nitrogens with zero attached hydrogens (tertiary/aromatic N) is 3. The number of phosphoric acid groups is 1. The van der Waals surface area contributed by atoms with E-state index < -0.39 is 79.2 Å². The van der Waals surface area contributed by atoms with Gasteiger partial charge in [-0.15, -0.1) is 0 Å². The minimum atomic E-state index is -4.18. The van der Waals surface area contributed by atoms with Gasteiger partial charge in [0.05, 0.1) is 12.7 Å². The number of nitrogens with one attached hydrogen (secondary N) is 2. The average Bonchev–Trinajstić information content (AvgIpc) is 3.77. The summed E-state index contributed by atoms with van der Waals surface area (Å²) in [6.45, 7) is 2.55. The predicted octanol–water partition coefficient (Wildman–Crippen LogP) is 5.05. The van der Waals surface area contributed by atoms with Crippen molar-refractivity contribution in [3.63, 3.8) is 0 Å². The van der Waals surface area contributed by atoms with E-state index in [1.807, 2.05) is 0 Å². The number of hydrogen-bond acceptors (Lipinski definition) is 14. The minimum Gasteiger partial charge on any atom is -0.382 e. The Morgan fingerprint density at radius 1 is 0.677 bits per heavy atom. The molecule has 0 radical (unpaired) electrons. The molecule has 2 aromatic heterocycles. The molecule has 62 heavy (non-hydrogen) atoms. The van der Waals surface area contributed by atoms with Crippen LogP contribution in [0.5, 0.6) is 0 Å². The first-order valence-electron chi connectivity index (χ1n) is 22.1. The molecule has 0 aromatic carbocycles. The maximum Gasteiger partial charge on any atom is 0.474 e. The van der Waals surface area contributed by atoms with Crippen molar-refractivity contribution in [2.24, 2.45) is 5.92 Å². The molecular formula is C42H70N5O14P. The summed E-state index contributed by atoms with van der Waals surface area (Å²) in [5.41, 5.74) is -2.65. The van der Waals surface area contributed by atoms with Gasteiger partial charge in [-0.25, -0.2) is 14.2 Å². The highest BCUT2D eigenvalue weighted by Gasteiger charge is 2.52. The molecule has 4 heterocycles. The Bertz CT molecular complexity index is 1910. The zero-order valence-corrected chi connectivity index (χ0v) is 38.3. The summed E-state index contributed by atoms with van der Waals surface area (Å²) in [5.74, 6) is -0.901. The van der Waals surface area contributed by atoms with Gasteiger partial charge in [0.1, 0.15) is 24.4 Å².